The van der Waals surface area contributed by atoms with Crippen LogP contribution in [0.15, 0.2) is 18.2 Å². The number of benzene rings is 1. The minimum atomic E-state index is -1.06. The molecule has 0 aliphatic heterocycles. The van der Waals surface area contributed by atoms with E-state index in [-0.39, 0.29) is 17.5 Å². The Kier molecular flexibility index (Phi) is 6.11. The molecule has 0 atom stereocenters. The summed E-state index contributed by atoms with van der Waals surface area (Å²) in [6, 6.07) is 3.78. The maximum atomic E-state index is 13.8. The summed E-state index contributed by atoms with van der Waals surface area (Å²) in [5.41, 5.74) is -0.183. The fourth-order valence-electron chi connectivity index (χ4n) is 2.34. The molecule has 20 heavy (non-hydrogen) atoms. The van der Waals surface area contributed by atoms with Crippen molar-refractivity contribution in [3.05, 3.63) is 35.4 Å². The van der Waals surface area contributed by atoms with Crippen LogP contribution in [0, 0.1) is 17.6 Å². The Hall–Kier alpha value is -1.45. The lowest BCUT2D eigenvalue weighted by molar-refractivity contribution is 0.0634. The van der Waals surface area contributed by atoms with Crippen molar-refractivity contribution in [2.24, 2.45) is 5.92 Å². The van der Waals surface area contributed by atoms with Gasteiger partial charge in [0.05, 0.1) is 5.56 Å². The van der Waals surface area contributed by atoms with Crippen molar-refractivity contribution in [3.63, 3.8) is 0 Å². The van der Waals surface area contributed by atoms with Gasteiger partial charge in [-0.3, -0.25) is 4.79 Å². The Balaban J connectivity index is 3.12. The van der Waals surface area contributed by atoms with E-state index in [1.807, 2.05) is 27.7 Å². The number of rotatable bonds is 6. The minimum Gasteiger partial charge on any atom is -0.335 e. The van der Waals surface area contributed by atoms with Gasteiger partial charge >= 0.3 is 0 Å². The van der Waals surface area contributed by atoms with Gasteiger partial charge in [-0.2, -0.15) is 0 Å². The molecule has 1 aromatic rings. The molecular weight excluding hydrogens is 260 g/mol. The van der Waals surface area contributed by atoms with Gasteiger partial charge in [0, 0.05) is 12.6 Å². The second-order valence-electron chi connectivity index (χ2n) is 5.42. The molecule has 1 aromatic carbocycles. The molecule has 0 aliphatic carbocycles. The average Bonchev–Trinajstić information content (AvgIpc) is 2.41. The Labute approximate surface area is 119 Å². The number of carbonyl (C=O) groups is 1. The van der Waals surface area contributed by atoms with Crippen LogP contribution in [0.4, 0.5) is 8.78 Å². The van der Waals surface area contributed by atoms with Crippen molar-refractivity contribution in [1.29, 1.82) is 0 Å². The summed E-state index contributed by atoms with van der Waals surface area (Å²) in [5.74, 6) is -2.19. The molecule has 1 rings (SSSR count). The standard InChI is InChI=1S/C16H23F2NO/c1-5-12(6-2)19(10-11(3)4)16(20)13-8-7-9-14(17)15(13)18/h7-9,11-12H,5-6,10H2,1-4H3. The summed E-state index contributed by atoms with van der Waals surface area (Å²) in [5, 5.41) is 0. The third-order valence-electron chi connectivity index (χ3n) is 3.39. The van der Waals surface area contributed by atoms with Gasteiger partial charge in [-0.05, 0) is 30.9 Å². The van der Waals surface area contributed by atoms with Gasteiger partial charge in [0.15, 0.2) is 11.6 Å². The second kappa shape index (κ2) is 7.36. The van der Waals surface area contributed by atoms with Gasteiger partial charge in [-0.15, -0.1) is 0 Å². The zero-order valence-electron chi connectivity index (χ0n) is 12.6. The number of halogens is 2. The number of hydrogen-bond acceptors (Lipinski definition) is 1. The van der Waals surface area contributed by atoms with E-state index in [9.17, 15) is 13.6 Å². The van der Waals surface area contributed by atoms with Gasteiger partial charge in [-0.1, -0.05) is 33.8 Å². The van der Waals surface area contributed by atoms with Crippen LogP contribution < -0.4 is 0 Å². The van der Waals surface area contributed by atoms with Gasteiger partial charge in [0.1, 0.15) is 0 Å². The monoisotopic (exact) mass is 283 g/mol. The van der Waals surface area contributed by atoms with Crippen LogP contribution in [0.25, 0.3) is 0 Å². The van der Waals surface area contributed by atoms with Crippen LogP contribution in [-0.2, 0) is 0 Å². The highest BCUT2D eigenvalue weighted by molar-refractivity contribution is 5.94. The fourth-order valence-corrected chi connectivity index (χ4v) is 2.34. The van der Waals surface area contributed by atoms with Crippen LogP contribution in [0.3, 0.4) is 0 Å². The number of nitrogens with zero attached hydrogens (tertiary/aromatic N) is 1. The van der Waals surface area contributed by atoms with E-state index in [4.69, 9.17) is 0 Å². The molecule has 1 amide bonds. The van der Waals surface area contributed by atoms with Crippen molar-refractivity contribution in [1.82, 2.24) is 4.90 Å². The van der Waals surface area contributed by atoms with Gasteiger partial charge < -0.3 is 4.90 Å². The first-order valence-corrected chi connectivity index (χ1v) is 7.17. The molecule has 0 heterocycles. The molecule has 112 valence electrons. The Morgan fingerprint density at radius 1 is 1.20 bits per heavy atom. The lowest BCUT2D eigenvalue weighted by Crippen LogP contribution is -2.42. The molecule has 2 nitrogen and oxygen atoms in total. The van der Waals surface area contributed by atoms with Crippen molar-refractivity contribution >= 4 is 5.91 Å². The summed E-state index contributed by atoms with van der Waals surface area (Å²) in [6.07, 6.45) is 1.60. The molecular formula is C16H23F2NO. The van der Waals surface area contributed by atoms with E-state index in [1.54, 1.807) is 4.90 Å². The first kappa shape index (κ1) is 16.6. The maximum Gasteiger partial charge on any atom is 0.257 e. The predicted molar refractivity (Wildman–Crippen MR) is 76.6 cm³/mol. The van der Waals surface area contributed by atoms with Crippen LogP contribution in [-0.4, -0.2) is 23.4 Å². The normalized spacial score (nSPS) is 11.2. The first-order valence-electron chi connectivity index (χ1n) is 7.17. The van der Waals surface area contributed by atoms with Crippen LogP contribution >= 0.6 is 0 Å². The SMILES string of the molecule is CCC(CC)N(CC(C)C)C(=O)c1cccc(F)c1F. The lowest BCUT2D eigenvalue weighted by atomic mass is 10.0. The third-order valence-corrected chi connectivity index (χ3v) is 3.39. The molecule has 0 aromatic heterocycles. The molecule has 0 saturated heterocycles. The molecule has 0 spiro atoms. The maximum absolute atomic E-state index is 13.8. The van der Waals surface area contributed by atoms with Crippen molar-refractivity contribution in [3.8, 4) is 0 Å². The van der Waals surface area contributed by atoms with Crippen LogP contribution in [0.5, 0.6) is 0 Å². The molecule has 0 bridgehead atoms. The zero-order chi connectivity index (χ0) is 15.3. The number of carbonyl (C=O) groups excluding carboxylic acids is 1. The van der Waals surface area contributed by atoms with E-state index < -0.39 is 17.5 Å². The first-order chi connectivity index (χ1) is 9.42. The predicted octanol–water partition coefficient (Wildman–Crippen LogP) is 4.25. The molecule has 0 radical (unpaired) electrons. The average molecular weight is 283 g/mol. The van der Waals surface area contributed by atoms with Gasteiger partial charge in [0.2, 0.25) is 0 Å². The minimum absolute atomic E-state index is 0.0487. The lowest BCUT2D eigenvalue weighted by Gasteiger charge is -2.32. The highest BCUT2D eigenvalue weighted by Crippen LogP contribution is 2.19. The Bertz CT molecular complexity index is 456. The Morgan fingerprint density at radius 2 is 1.80 bits per heavy atom. The van der Waals surface area contributed by atoms with E-state index in [0.717, 1.165) is 18.9 Å². The molecule has 0 N–H and O–H groups in total. The summed E-state index contributed by atoms with van der Waals surface area (Å²) in [4.78, 5) is 14.2. The van der Waals surface area contributed by atoms with Crippen LogP contribution in [0.2, 0.25) is 0 Å². The highest BCUT2D eigenvalue weighted by atomic mass is 19.2. The third kappa shape index (κ3) is 3.78. The van der Waals surface area contributed by atoms with Crippen molar-refractivity contribution in [2.45, 2.75) is 46.6 Å². The zero-order valence-corrected chi connectivity index (χ0v) is 12.6. The van der Waals surface area contributed by atoms with E-state index >= 15 is 0 Å². The fraction of sp³-hybridized carbons (Fsp3) is 0.562. The molecule has 0 fully saturated rings. The topological polar surface area (TPSA) is 20.3 Å². The summed E-state index contributed by atoms with van der Waals surface area (Å²) in [7, 11) is 0. The summed E-state index contributed by atoms with van der Waals surface area (Å²) in [6.45, 7) is 8.55. The van der Waals surface area contributed by atoms with E-state index in [2.05, 4.69) is 0 Å². The second-order valence-corrected chi connectivity index (χ2v) is 5.42. The largest absolute Gasteiger partial charge is 0.335 e. The molecule has 4 heteroatoms. The van der Waals surface area contributed by atoms with Crippen molar-refractivity contribution < 1.29 is 13.6 Å². The van der Waals surface area contributed by atoms with Gasteiger partial charge in [-0.25, -0.2) is 8.78 Å². The highest BCUT2D eigenvalue weighted by Gasteiger charge is 2.26. The number of hydrogen-bond donors (Lipinski definition) is 0. The van der Waals surface area contributed by atoms with Crippen molar-refractivity contribution in [2.75, 3.05) is 6.54 Å². The molecule has 0 saturated carbocycles. The number of amides is 1. The smallest absolute Gasteiger partial charge is 0.257 e. The Morgan fingerprint density at radius 3 is 2.30 bits per heavy atom. The molecule has 0 aliphatic rings. The van der Waals surface area contributed by atoms with E-state index in [0.29, 0.717) is 6.54 Å². The molecule has 0 unspecified atom stereocenters. The van der Waals surface area contributed by atoms with E-state index in [1.165, 1.54) is 12.1 Å². The summed E-state index contributed by atoms with van der Waals surface area (Å²) >= 11 is 0. The summed E-state index contributed by atoms with van der Waals surface area (Å²) < 4.78 is 27.1. The van der Waals surface area contributed by atoms with Gasteiger partial charge in [0.25, 0.3) is 5.91 Å². The quantitative estimate of drug-likeness (QED) is 0.764. The van der Waals surface area contributed by atoms with Crippen LogP contribution in [0.1, 0.15) is 50.9 Å².